The Bertz CT molecular complexity index is 951. The highest BCUT2D eigenvalue weighted by Gasteiger charge is 2.20. The number of hydrogen-bond donors (Lipinski definition) is 1. The first-order valence-corrected chi connectivity index (χ1v) is 8.67. The van der Waals surface area contributed by atoms with Crippen molar-refractivity contribution in [3.63, 3.8) is 0 Å². The van der Waals surface area contributed by atoms with Gasteiger partial charge in [-0.3, -0.25) is 0 Å². The van der Waals surface area contributed by atoms with Gasteiger partial charge in [0, 0.05) is 34.1 Å². The van der Waals surface area contributed by atoms with E-state index in [0.29, 0.717) is 21.5 Å². The second kappa shape index (κ2) is 7.66. The van der Waals surface area contributed by atoms with Gasteiger partial charge in [-0.15, -0.1) is 0 Å². The van der Waals surface area contributed by atoms with E-state index in [-0.39, 0.29) is 10.8 Å². The van der Waals surface area contributed by atoms with E-state index in [1.54, 1.807) is 37.5 Å². The van der Waals surface area contributed by atoms with Gasteiger partial charge in [0.2, 0.25) is 0 Å². The number of nitrogens with zero attached hydrogens (tertiary/aromatic N) is 2. The molecule has 0 aliphatic heterocycles. The summed E-state index contributed by atoms with van der Waals surface area (Å²) in [5.41, 5.74) is 7.78. The number of pyridine rings is 2. The van der Waals surface area contributed by atoms with Crippen molar-refractivity contribution in [1.29, 1.82) is 0 Å². The highest BCUT2D eigenvalue weighted by Crippen LogP contribution is 2.36. The fraction of sp³-hybridized carbons (Fsp3) is 0.111. The number of anilines is 1. The lowest BCUT2D eigenvalue weighted by molar-refractivity contribution is 0.227. The van der Waals surface area contributed by atoms with Gasteiger partial charge >= 0.3 is 0 Å². The number of rotatable bonds is 4. The first-order chi connectivity index (χ1) is 12.4. The third-order valence-electron chi connectivity index (χ3n) is 3.73. The molecule has 0 aliphatic carbocycles. The SMILES string of the molecule is CC(Oc1cc(-c2ccc(Cl)nc2)cnc1N)c1c(Cl)ccc(F)c1Cl. The lowest BCUT2D eigenvalue weighted by atomic mass is 10.1. The molecule has 134 valence electrons. The summed E-state index contributed by atoms with van der Waals surface area (Å²) in [6, 6.07) is 7.81. The summed E-state index contributed by atoms with van der Waals surface area (Å²) in [4.78, 5) is 8.18. The Morgan fingerprint density at radius 1 is 1.04 bits per heavy atom. The minimum atomic E-state index is -0.645. The zero-order chi connectivity index (χ0) is 18.8. The number of nitrogens with two attached hydrogens (primary N) is 1. The van der Waals surface area contributed by atoms with E-state index >= 15 is 0 Å². The fourth-order valence-corrected chi connectivity index (χ4v) is 3.21. The van der Waals surface area contributed by atoms with Gasteiger partial charge in [-0.2, -0.15) is 0 Å². The molecular formula is C18H13Cl3FN3O. The van der Waals surface area contributed by atoms with Crippen molar-refractivity contribution in [1.82, 2.24) is 9.97 Å². The normalized spacial score (nSPS) is 12.0. The van der Waals surface area contributed by atoms with Crippen molar-refractivity contribution in [3.05, 3.63) is 69.3 Å². The van der Waals surface area contributed by atoms with Crippen molar-refractivity contribution in [2.24, 2.45) is 0 Å². The molecule has 8 heteroatoms. The molecule has 1 unspecified atom stereocenters. The number of ether oxygens (including phenoxy) is 1. The molecule has 0 spiro atoms. The van der Waals surface area contributed by atoms with Gasteiger partial charge in [-0.05, 0) is 37.3 Å². The standard InChI is InChI=1S/C18H13Cl3FN3O/c1-9(16-12(19)3-4-13(22)17(16)21)26-14-6-11(8-25-18(14)23)10-2-5-15(20)24-7-10/h2-9H,1H3,(H2,23,25). The lowest BCUT2D eigenvalue weighted by Gasteiger charge is -2.19. The molecule has 0 saturated carbocycles. The average molecular weight is 413 g/mol. The molecule has 4 nitrogen and oxygen atoms in total. The van der Waals surface area contributed by atoms with E-state index in [9.17, 15) is 4.39 Å². The predicted molar refractivity (Wildman–Crippen MR) is 102 cm³/mol. The Kier molecular flexibility index (Phi) is 5.51. The molecule has 3 rings (SSSR count). The van der Waals surface area contributed by atoms with Crippen LogP contribution in [0.25, 0.3) is 11.1 Å². The molecule has 1 atom stereocenters. The first-order valence-electron chi connectivity index (χ1n) is 7.54. The van der Waals surface area contributed by atoms with E-state index in [4.69, 9.17) is 45.3 Å². The molecule has 2 N–H and O–H groups in total. The third kappa shape index (κ3) is 3.85. The molecule has 0 fully saturated rings. The molecule has 1 aromatic carbocycles. The Hall–Kier alpha value is -2.08. The largest absolute Gasteiger partial charge is 0.482 e. The Morgan fingerprint density at radius 3 is 2.46 bits per heavy atom. The Labute approximate surface area is 164 Å². The second-order valence-corrected chi connectivity index (χ2v) is 6.67. The predicted octanol–water partition coefficient (Wildman–Crippen LogP) is 5.97. The van der Waals surface area contributed by atoms with Gasteiger partial charge in [0.25, 0.3) is 0 Å². The molecule has 2 heterocycles. The van der Waals surface area contributed by atoms with E-state index in [1.807, 2.05) is 0 Å². The second-order valence-electron chi connectivity index (χ2n) is 5.49. The Morgan fingerprint density at radius 2 is 1.77 bits per heavy atom. The lowest BCUT2D eigenvalue weighted by Crippen LogP contribution is -2.08. The summed E-state index contributed by atoms with van der Waals surface area (Å²) in [5, 5.41) is 0.598. The summed E-state index contributed by atoms with van der Waals surface area (Å²) >= 11 is 18.0. The van der Waals surface area contributed by atoms with Crippen LogP contribution >= 0.6 is 34.8 Å². The molecule has 0 saturated heterocycles. The van der Waals surface area contributed by atoms with E-state index < -0.39 is 11.9 Å². The molecule has 0 radical (unpaired) electrons. The molecule has 2 aromatic heterocycles. The van der Waals surface area contributed by atoms with Crippen LogP contribution in [-0.2, 0) is 0 Å². The highest BCUT2D eigenvalue weighted by atomic mass is 35.5. The smallest absolute Gasteiger partial charge is 0.166 e. The van der Waals surface area contributed by atoms with Crippen molar-refractivity contribution in [2.75, 3.05) is 5.73 Å². The van der Waals surface area contributed by atoms with Crippen LogP contribution in [-0.4, -0.2) is 9.97 Å². The molecular weight excluding hydrogens is 400 g/mol. The summed E-state index contributed by atoms with van der Waals surface area (Å²) in [6.07, 6.45) is 2.57. The van der Waals surface area contributed by atoms with Gasteiger partial charge in [0.05, 0.1) is 5.02 Å². The maximum absolute atomic E-state index is 13.8. The van der Waals surface area contributed by atoms with Crippen LogP contribution in [0.1, 0.15) is 18.6 Å². The van der Waals surface area contributed by atoms with E-state index in [2.05, 4.69) is 9.97 Å². The van der Waals surface area contributed by atoms with Crippen LogP contribution in [0, 0.1) is 5.82 Å². The van der Waals surface area contributed by atoms with Crippen LogP contribution in [0.2, 0.25) is 15.2 Å². The van der Waals surface area contributed by atoms with Gasteiger partial charge in [-0.25, -0.2) is 14.4 Å². The highest BCUT2D eigenvalue weighted by molar-refractivity contribution is 6.36. The monoisotopic (exact) mass is 411 g/mol. The first kappa shape index (κ1) is 18.7. The van der Waals surface area contributed by atoms with E-state index in [1.165, 1.54) is 12.1 Å². The number of hydrogen-bond acceptors (Lipinski definition) is 4. The quantitative estimate of drug-likeness (QED) is 0.424. The topological polar surface area (TPSA) is 61.0 Å². The van der Waals surface area contributed by atoms with E-state index in [0.717, 1.165) is 11.1 Å². The summed E-state index contributed by atoms with van der Waals surface area (Å²) in [6.45, 7) is 1.70. The number of nitrogen functional groups attached to an aromatic ring is 1. The number of aromatic nitrogens is 2. The Balaban J connectivity index is 1.94. The van der Waals surface area contributed by atoms with Crippen molar-refractivity contribution in [3.8, 4) is 16.9 Å². The van der Waals surface area contributed by atoms with Crippen LogP contribution in [0.3, 0.4) is 0 Å². The van der Waals surface area contributed by atoms with Gasteiger partial charge in [-0.1, -0.05) is 34.8 Å². The average Bonchev–Trinajstić information content (AvgIpc) is 2.61. The zero-order valence-electron chi connectivity index (χ0n) is 13.5. The molecule has 0 bridgehead atoms. The van der Waals surface area contributed by atoms with Crippen LogP contribution in [0.4, 0.5) is 10.2 Å². The van der Waals surface area contributed by atoms with Crippen molar-refractivity contribution in [2.45, 2.75) is 13.0 Å². The van der Waals surface area contributed by atoms with Crippen LogP contribution in [0.5, 0.6) is 5.75 Å². The molecule has 0 amide bonds. The minimum Gasteiger partial charge on any atom is -0.482 e. The summed E-state index contributed by atoms with van der Waals surface area (Å²) in [7, 11) is 0. The number of halogens is 4. The van der Waals surface area contributed by atoms with Gasteiger partial charge in [0.15, 0.2) is 11.6 Å². The minimum absolute atomic E-state index is 0.0883. The maximum atomic E-state index is 13.8. The maximum Gasteiger partial charge on any atom is 0.166 e. The third-order valence-corrected chi connectivity index (χ3v) is 4.67. The summed E-state index contributed by atoms with van der Waals surface area (Å²) in [5.74, 6) is -0.0684. The van der Waals surface area contributed by atoms with Gasteiger partial charge < -0.3 is 10.5 Å². The fourth-order valence-electron chi connectivity index (χ4n) is 2.42. The summed E-state index contributed by atoms with van der Waals surface area (Å²) < 4.78 is 19.6. The van der Waals surface area contributed by atoms with Crippen LogP contribution < -0.4 is 10.5 Å². The van der Waals surface area contributed by atoms with Crippen molar-refractivity contribution >= 4 is 40.6 Å². The van der Waals surface area contributed by atoms with Gasteiger partial charge in [0.1, 0.15) is 17.1 Å². The molecule has 26 heavy (non-hydrogen) atoms. The molecule has 0 aliphatic rings. The molecule has 3 aromatic rings. The number of benzene rings is 1. The van der Waals surface area contributed by atoms with Crippen LogP contribution in [0.15, 0.2) is 42.7 Å². The van der Waals surface area contributed by atoms with Crippen molar-refractivity contribution < 1.29 is 9.13 Å². The zero-order valence-corrected chi connectivity index (χ0v) is 15.8.